The molecule has 2 aromatic rings. The van der Waals surface area contributed by atoms with Gasteiger partial charge < -0.3 is 4.74 Å². The average molecular weight is 351 g/mol. The molecule has 3 nitrogen and oxygen atoms in total. The molecule has 0 aliphatic carbocycles. The van der Waals surface area contributed by atoms with Crippen LogP contribution < -0.4 is 0 Å². The van der Waals surface area contributed by atoms with E-state index in [0.29, 0.717) is 12.3 Å². The first kappa shape index (κ1) is 19.9. The predicted molar refractivity (Wildman–Crippen MR) is 108 cm³/mol. The summed E-state index contributed by atoms with van der Waals surface area (Å²) in [6.45, 7) is 9.85. The Bertz CT molecular complexity index is 686. The van der Waals surface area contributed by atoms with Crippen LogP contribution in [0.4, 0.5) is 0 Å². The van der Waals surface area contributed by atoms with Crippen molar-refractivity contribution in [3.8, 4) is 0 Å². The van der Waals surface area contributed by atoms with Gasteiger partial charge in [-0.2, -0.15) is 0 Å². The SMILES string of the molecule is CC(C)CC(N=C(c1ccccc1)c1ccccc1)C(=O)OC(C)(C)C. The molecule has 0 saturated heterocycles. The zero-order valence-corrected chi connectivity index (χ0v) is 16.4. The van der Waals surface area contributed by atoms with E-state index in [1.54, 1.807) is 0 Å². The lowest BCUT2D eigenvalue weighted by Gasteiger charge is -2.24. The summed E-state index contributed by atoms with van der Waals surface area (Å²) in [4.78, 5) is 17.6. The topological polar surface area (TPSA) is 38.7 Å². The zero-order chi connectivity index (χ0) is 19.2. The Kier molecular flexibility index (Phi) is 6.73. The maximum absolute atomic E-state index is 12.8. The molecule has 1 unspecified atom stereocenters. The predicted octanol–water partition coefficient (Wildman–Crippen LogP) is 5.28. The van der Waals surface area contributed by atoms with Crippen molar-refractivity contribution in [1.82, 2.24) is 0 Å². The van der Waals surface area contributed by atoms with Crippen molar-refractivity contribution in [3.05, 3.63) is 71.8 Å². The monoisotopic (exact) mass is 351 g/mol. The Balaban J connectivity index is 2.47. The van der Waals surface area contributed by atoms with Gasteiger partial charge in [0.05, 0.1) is 5.71 Å². The fraction of sp³-hybridized carbons (Fsp3) is 0.391. The van der Waals surface area contributed by atoms with Crippen molar-refractivity contribution in [2.24, 2.45) is 10.9 Å². The smallest absolute Gasteiger partial charge is 0.331 e. The second-order valence-corrected chi connectivity index (χ2v) is 7.89. The summed E-state index contributed by atoms with van der Waals surface area (Å²) >= 11 is 0. The molecule has 0 spiro atoms. The van der Waals surface area contributed by atoms with E-state index in [4.69, 9.17) is 9.73 Å². The lowest BCUT2D eigenvalue weighted by molar-refractivity contribution is -0.156. The van der Waals surface area contributed by atoms with Crippen molar-refractivity contribution in [1.29, 1.82) is 0 Å². The molecule has 0 bridgehead atoms. The van der Waals surface area contributed by atoms with Crippen molar-refractivity contribution in [2.75, 3.05) is 0 Å². The summed E-state index contributed by atoms with van der Waals surface area (Å²) in [5, 5.41) is 0. The Labute approximate surface area is 157 Å². The molecule has 0 N–H and O–H groups in total. The fourth-order valence-corrected chi connectivity index (χ4v) is 2.68. The minimum Gasteiger partial charge on any atom is -0.458 e. The van der Waals surface area contributed by atoms with E-state index >= 15 is 0 Å². The third kappa shape index (κ3) is 6.14. The Morgan fingerprint density at radius 3 is 1.77 bits per heavy atom. The zero-order valence-electron chi connectivity index (χ0n) is 16.4. The average Bonchev–Trinajstić information content (AvgIpc) is 2.58. The standard InChI is InChI=1S/C23H29NO2/c1-17(2)16-20(22(25)26-23(3,4)5)24-21(18-12-8-6-9-13-18)19-14-10-7-11-15-19/h6-15,17,20H,16H2,1-5H3. The minimum absolute atomic E-state index is 0.268. The van der Waals surface area contributed by atoms with Crippen LogP contribution in [0.25, 0.3) is 0 Å². The van der Waals surface area contributed by atoms with Gasteiger partial charge in [-0.25, -0.2) is 4.79 Å². The van der Waals surface area contributed by atoms with E-state index < -0.39 is 11.6 Å². The van der Waals surface area contributed by atoms with Crippen LogP contribution in [-0.4, -0.2) is 23.3 Å². The molecule has 2 aromatic carbocycles. The molecule has 3 heteroatoms. The van der Waals surface area contributed by atoms with Gasteiger partial charge in [0.15, 0.2) is 0 Å². The number of rotatable bonds is 6. The first-order valence-electron chi connectivity index (χ1n) is 9.18. The van der Waals surface area contributed by atoms with Gasteiger partial charge in [-0.1, -0.05) is 74.5 Å². The second kappa shape index (κ2) is 8.79. The lowest BCUT2D eigenvalue weighted by atomic mass is 10.00. The molecule has 138 valence electrons. The van der Waals surface area contributed by atoms with E-state index in [2.05, 4.69) is 13.8 Å². The summed E-state index contributed by atoms with van der Waals surface area (Å²) < 4.78 is 5.63. The molecular formula is C23H29NO2. The van der Waals surface area contributed by atoms with Gasteiger partial charge >= 0.3 is 5.97 Å². The quantitative estimate of drug-likeness (QED) is 0.524. The molecule has 0 amide bonds. The summed E-state index contributed by atoms with van der Waals surface area (Å²) in [6, 6.07) is 19.5. The van der Waals surface area contributed by atoms with Gasteiger partial charge in [-0.05, 0) is 33.1 Å². The third-order valence-electron chi connectivity index (χ3n) is 3.75. The number of esters is 1. The summed E-state index contributed by atoms with van der Waals surface area (Å²) in [6.07, 6.45) is 0.651. The van der Waals surface area contributed by atoms with Crippen LogP contribution in [0.3, 0.4) is 0 Å². The highest BCUT2D eigenvalue weighted by Gasteiger charge is 2.26. The van der Waals surface area contributed by atoms with E-state index in [1.165, 1.54) is 0 Å². The van der Waals surface area contributed by atoms with E-state index in [9.17, 15) is 4.79 Å². The van der Waals surface area contributed by atoms with E-state index in [0.717, 1.165) is 16.8 Å². The first-order chi connectivity index (χ1) is 12.3. The van der Waals surface area contributed by atoms with Crippen molar-refractivity contribution in [2.45, 2.75) is 52.7 Å². The number of ether oxygens (including phenoxy) is 1. The van der Waals surface area contributed by atoms with Gasteiger partial charge in [0.25, 0.3) is 0 Å². The fourth-order valence-electron chi connectivity index (χ4n) is 2.68. The molecule has 0 fully saturated rings. The molecule has 1 atom stereocenters. The molecule has 0 radical (unpaired) electrons. The van der Waals surface area contributed by atoms with Crippen molar-refractivity contribution < 1.29 is 9.53 Å². The largest absolute Gasteiger partial charge is 0.458 e. The number of carbonyl (C=O) groups is 1. The van der Waals surface area contributed by atoms with Gasteiger partial charge in [0.1, 0.15) is 11.6 Å². The van der Waals surface area contributed by atoms with Crippen molar-refractivity contribution in [3.63, 3.8) is 0 Å². The lowest BCUT2D eigenvalue weighted by Crippen LogP contribution is -2.32. The van der Waals surface area contributed by atoms with E-state index in [-0.39, 0.29) is 5.97 Å². The molecule has 0 aliphatic heterocycles. The van der Waals surface area contributed by atoms with Crippen LogP contribution in [0.5, 0.6) is 0 Å². The van der Waals surface area contributed by atoms with Crippen LogP contribution in [0.1, 0.15) is 52.2 Å². The molecule has 0 aliphatic rings. The highest BCUT2D eigenvalue weighted by molar-refractivity contribution is 6.13. The molecule has 26 heavy (non-hydrogen) atoms. The van der Waals surface area contributed by atoms with Gasteiger partial charge in [-0.3, -0.25) is 4.99 Å². The molecular weight excluding hydrogens is 322 g/mol. The Morgan fingerprint density at radius 2 is 1.38 bits per heavy atom. The van der Waals surface area contributed by atoms with E-state index in [1.807, 2.05) is 81.4 Å². The highest BCUT2D eigenvalue weighted by atomic mass is 16.6. The van der Waals surface area contributed by atoms with Crippen molar-refractivity contribution >= 4 is 11.7 Å². The number of aliphatic imine (C=N–C) groups is 1. The van der Waals surface area contributed by atoms with Crippen LogP contribution in [0, 0.1) is 5.92 Å². The summed E-state index contributed by atoms with van der Waals surface area (Å²) in [7, 11) is 0. The van der Waals surface area contributed by atoms with Crippen LogP contribution in [-0.2, 0) is 9.53 Å². The number of hydrogen-bond acceptors (Lipinski definition) is 3. The third-order valence-corrected chi connectivity index (χ3v) is 3.75. The normalized spacial score (nSPS) is 12.5. The minimum atomic E-state index is -0.526. The second-order valence-electron chi connectivity index (χ2n) is 7.89. The Morgan fingerprint density at radius 1 is 0.923 bits per heavy atom. The van der Waals surface area contributed by atoms with Crippen LogP contribution in [0.2, 0.25) is 0 Å². The summed E-state index contributed by atoms with van der Waals surface area (Å²) in [5.74, 6) is 0.0691. The number of carbonyl (C=O) groups excluding carboxylic acids is 1. The molecule has 0 saturated carbocycles. The maximum Gasteiger partial charge on any atom is 0.331 e. The highest BCUT2D eigenvalue weighted by Crippen LogP contribution is 2.19. The van der Waals surface area contributed by atoms with Gasteiger partial charge in [0, 0.05) is 11.1 Å². The first-order valence-corrected chi connectivity index (χ1v) is 9.18. The number of hydrogen-bond donors (Lipinski definition) is 0. The van der Waals surface area contributed by atoms with Crippen LogP contribution in [0.15, 0.2) is 65.7 Å². The molecule has 2 rings (SSSR count). The van der Waals surface area contributed by atoms with Gasteiger partial charge in [0.2, 0.25) is 0 Å². The van der Waals surface area contributed by atoms with Gasteiger partial charge in [-0.15, -0.1) is 0 Å². The number of benzene rings is 2. The molecule has 0 heterocycles. The summed E-state index contributed by atoms with van der Waals surface area (Å²) in [5.41, 5.74) is 2.29. The molecule has 0 aromatic heterocycles. The van der Waals surface area contributed by atoms with Crippen LogP contribution >= 0.6 is 0 Å². The maximum atomic E-state index is 12.8. The number of nitrogens with zero attached hydrogens (tertiary/aromatic N) is 1. The Hall–Kier alpha value is -2.42.